The number of hydrogen-bond acceptors (Lipinski definition) is 8. The van der Waals surface area contributed by atoms with Crippen molar-refractivity contribution in [3.8, 4) is 0 Å². The molecule has 0 unspecified atom stereocenters. The van der Waals surface area contributed by atoms with Gasteiger partial charge < -0.3 is 29.3 Å². The van der Waals surface area contributed by atoms with Crippen LogP contribution in [0.1, 0.15) is 0 Å². The van der Waals surface area contributed by atoms with Crippen LogP contribution in [0.5, 0.6) is 0 Å². The number of aliphatic carboxylic acids is 2. The molecule has 0 radical (unpaired) electrons. The molecule has 0 saturated carbocycles. The molecule has 0 heterocycles. The number of methoxy groups -OCH3 is 2. The van der Waals surface area contributed by atoms with E-state index in [1.807, 2.05) is 0 Å². The molecule has 0 aromatic carbocycles. The summed E-state index contributed by atoms with van der Waals surface area (Å²) >= 11 is 0. The van der Waals surface area contributed by atoms with Crippen LogP contribution in [0.2, 0.25) is 0 Å². The largest absolute Gasteiger partial charge is 2.00 e. The summed E-state index contributed by atoms with van der Waals surface area (Å²) in [5, 5.41) is 19.2. The molecule has 0 bridgehead atoms. The number of carboxylic acid groups (broad SMARTS) is 2. The minimum Gasteiger partial charge on any atom is -0.545 e. The summed E-state index contributed by atoms with van der Waals surface area (Å²) in [7, 11) is 2.31. The molecule has 0 fully saturated rings. The Hall–Kier alpha value is -1.07. The summed E-state index contributed by atoms with van der Waals surface area (Å²) in [5.41, 5.74) is 0. The number of carboxylic acids is 2. The van der Waals surface area contributed by atoms with E-state index in [4.69, 9.17) is 0 Å². The number of rotatable bonds is 4. The van der Waals surface area contributed by atoms with Crippen LogP contribution in [0, 0.1) is 0 Å². The van der Waals surface area contributed by atoms with E-state index in [1.165, 1.54) is 0 Å². The third-order valence-electron chi connectivity index (χ3n) is 1.11. The molecule has 0 aliphatic rings. The Kier molecular flexibility index (Phi) is 18.2. The Morgan fingerprint density at radius 2 is 1.00 bits per heavy atom. The molecule has 0 N–H and O–H groups in total. The van der Waals surface area contributed by atoms with Crippen LogP contribution in [-0.4, -0.2) is 87.0 Å². The molecule has 0 aliphatic carbocycles. The molecular formula is C10H10BaO8. The van der Waals surface area contributed by atoms with E-state index in [0.717, 1.165) is 26.4 Å². The monoisotopic (exact) mass is 396 g/mol. The van der Waals surface area contributed by atoms with Gasteiger partial charge in [-0.2, -0.15) is 0 Å². The van der Waals surface area contributed by atoms with Gasteiger partial charge in [0.2, 0.25) is 0 Å². The molecule has 0 atom stereocenters. The van der Waals surface area contributed by atoms with Crippen LogP contribution in [0.3, 0.4) is 0 Å². The number of carbonyl (C=O) groups excluding carboxylic acids is 4. The fourth-order valence-electron chi connectivity index (χ4n) is 0.408. The maximum absolute atomic E-state index is 10.1. The maximum Gasteiger partial charge on any atom is 2.00 e. The van der Waals surface area contributed by atoms with Crippen molar-refractivity contribution in [3.63, 3.8) is 0 Å². The molecule has 0 amide bonds. The van der Waals surface area contributed by atoms with Gasteiger partial charge in [-0.15, -0.1) is 0 Å². The summed E-state index contributed by atoms with van der Waals surface area (Å²) in [5.74, 6) is -4.25. The van der Waals surface area contributed by atoms with E-state index >= 15 is 0 Å². The first kappa shape index (κ1) is 23.1. The average molecular weight is 396 g/mol. The molecule has 100 valence electrons. The summed E-state index contributed by atoms with van der Waals surface area (Å²) < 4.78 is 8.17. The van der Waals surface area contributed by atoms with Crippen LogP contribution in [0.25, 0.3) is 0 Å². The topological polar surface area (TPSA) is 133 Å². The zero-order valence-electron chi connectivity index (χ0n) is 10.3. The Morgan fingerprint density at radius 1 is 0.737 bits per heavy atom. The molecule has 0 aromatic rings. The van der Waals surface area contributed by atoms with Gasteiger partial charge in [0.1, 0.15) is 0 Å². The molecule has 8 nitrogen and oxygen atoms in total. The zero-order valence-corrected chi connectivity index (χ0v) is 14.7. The maximum atomic E-state index is 10.1. The number of ether oxygens (including phenoxy) is 2. The quantitative estimate of drug-likeness (QED) is 0.273. The summed E-state index contributed by atoms with van der Waals surface area (Å²) in [4.78, 5) is 39.5. The van der Waals surface area contributed by atoms with Crippen molar-refractivity contribution in [2.24, 2.45) is 0 Å². The molecule has 19 heavy (non-hydrogen) atoms. The molecule has 0 rings (SSSR count). The van der Waals surface area contributed by atoms with E-state index in [2.05, 4.69) is 9.47 Å². The summed E-state index contributed by atoms with van der Waals surface area (Å²) in [6, 6.07) is 0. The van der Waals surface area contributed by atoms with Gasteiger partial charge in [-0.05, 0) is 12.2 Å². The Balaban J connectivity index is -0.000000256. The van der Waals surface area contributed by atoms with Crippen molar-refractivity contribution < 1.29 is 38.9 Å². The third kappa shape index (κ3) is 22.6. The minimum absolute atomic E-state index is 0. The second-order valence-electron chi connectivity index (χ2n) is 2.35. The smallest absolute Gasteiger partial charge is 0.545 e. The normalized spacial score (nSPS) is 8.95. The van der Waals surface area contributed by atoms with E-state index < -0.39 is 23.9 Å². The van der Waals surface area contributed by atoms with Crippen LogP contribution in [0.4, 0.5) is 0 Å². The molecule has 9 heteroatoms. The first-order valence-electron chi connectivity index (χ1n) is 4.27. The van der Waals surface area contributed by atoms with Crippen molar-refractivity contribution in [2.45, 2.75) is 0 Å². The molecular weight excluding hydrogens is 385 g/mol. The first-order valence-corrected chi connectivity index (χ1v) is 4.27. The van der Waals surface area contributed by atoms with Crippen LogP contribution in [0.15, 0.2) is 24.3 Å². The van der Waals surface area contributed by atoms with Crippen LogP contribution < -0.4 is 10.2 Å². The van der Waals surface area contributed by atoms with E-state index in [9.17, 15) is 29.4 Å². The van der Waals surface area contributed by atoms with Gasteiger partial charge in [0.15, 0.2) is 0 Å². The van der Waals surface area contributed by atoms with Gasteiger partial charge >= 0.3 is 60.8 Å². The van der Waals surface area contributed by atoms with Gasteiger partial charge in [-0.25, -0.2) is 9.59 Å². The van der Waals surface area contributed by atoms with Crippen LogP contribution >= 0.6 is 0 Å². The van der Waals surface area contributed by atoms with Crippen molar-refractivity contribution >= 4 is 72.8 Å². The van der Waals surface area contributed by atoms with Crippen molar-refractivity contribution in [1.29, 1.82) is 0 Å². The molecule has 0 aliphatic heterocycles. The first-order chi connectivity index (χ1) is 8.33. The SMILES string of the molecule is COC(=O)/C=C\C(=O)[O-].COC(=O)/C=C\C(=O)[O-].[Ba+2]. The molecule has 0 spiro atoms. The standard InChI is InChI=1S/2C5H6O4.Ba/c2*1-9-5(8)3-2-4(6)7;/h2*2-3H,1H3,(H,6,7);/q;;+2/p-2/b2*3-2-;. The molecule has 0 aromatic heterocycles. The molecule has 0 saturated heterocycles. The van der Waals surface area contributed by atoms with Crippen molar-refractivity contribution in [3.05, 3.63) is 24.3 Å². The zero-order chi connectivity index (χ0) is 14.6. The average Bonchev–Trinajstić information content (AvgIpc) is 2.33. The minimum atomic E-state index is -1.42. The van der Waals surface area contributed by atoms with E-state index in [-0.39, 0.29) is 48.9 Å². The number of carbonyl (C=O) groups is 4. The Bertz CT molecular complexity index is 336. The summed E-state index contributed by atoms with van der Waals surface area (Å²) in [6.07, 6.45) is 2.75. The van der Waals surface area contributed by atoms with Gasteiger partial charge in [-0.1, -0.05) is 0 Å². The van der Waals surface area contributed by atoms with Crippen molar-refractivity contribution in [2.75, 3.05) is 14.2 Å². The number of esters is 2. The van der Waals surface area contributed by atoms with Crippen molar-refractivity contribution in [1.82, 2.24) is 0 Å². The van der Waals surface area contributed by atoms with Gasteiger partial charge in [-0.3, -0.25) is 0 Å². The predicted octanol–water partition coefficient (Wildman–Crippen LogP) is -3.45. The van der Waals surface area contributed by atoms with E-state index in [0.29, 0.717) is 12.2 Å². The van der Waals surface area contributed by atoms with E-state index in [1.54, 1.807) is 0 Å². The summed E-state index contributed by atoms with van der Waals surface area (Å²) in [6.45, 7) is 0. The fraction of sp³-hybridized carbons (Fsp3) is 0.200. The third-order valence-corrected chi connectivity index (χ3v) is 1.11. The second kappa shape index (κ2) is 15.0. The second-order valence-corrected chi connectivity index (χ2v) is 2.35. The Labute approximate surface area is 149 Å². The predicted molar refractivity (Wildman–Crippen MR) is 58.1 cm³/mol. The number of hydrogen-bond donors (Lipinski definition) is 0. The van der Waals surface area contributed by atoms with Crippen LogP contribution in [-0.2, 0) is 28.7 Å². The van der Waals surface area contributed by atoms with Gasteiger partial charge in [0.25, 0.3) is 0 Å². The fourth-order valence-corrected chi connectivity index (χ4v) is 0.408. The van der Waals surface area contributed by atoms with Gasteiger partial charge in [0.05, 0.1) is 26.2 Å². The van der Waals surface area contributed by atoms with Gasteiger partial charge in [0, 0.05) is 12.2 Å². The Morgan fingerprint density at radius 3 is 1.16 bits per heavy atom.